The van der Waals surface area contributed by atoms with Crippen molar-refractivity contribution in [3.63, 3.8) is 0 Å². The van der Waals surface area contributed by atoms with E-state index in [1.165, 1.54) is 11.3 Å². The summed E-state index contributed by atoms with van der Waals surface area (Å²) in [5, 5.41) is 14.7. The smallest absolute Gasteiger partial charge is 0.356 e. The Morgan fingerprint density at radius 3 is 2.84 bits per heavy atom. The number of hydrogen-bond donors (Lipinski definition) is 1. The summed E-state index contributed by atoms with van der Waals surface area (Å²) in [6.45, 7) is 0. The minimum atomic E-state index is -1.03. The van der Waals surface area contributed by atoms with Gasteiger partial charge in [-0.1, -0.05) is 23.7 Å². The second-order valence-electron chi connectivity index (χ2n) is 4.11. The van der Waals surface area contributed by atoms with E-state index in [9.17, 15) is 4.79 Å². The predicted molar refractivity (Wildman–Crippen MR) is 76.0 cm³/mol. The molecule has 2 heterocycles. The van der Waals surface area contributed by atoms with Crippen LogP contribution >= 0.6 is 22.9 Å². The lowest BCUT2D eigenvalue weighted by atomic mass is 10.2. The molecule has 96 valence electrons. The molecule has 4 nitrogen and oxygen atoms in total. The lowest BCUT2D eigenvalue weighted by Gasteiger charge is -1.95. The standard InChI is InChI=1S/C13H9ClN2O2S/c1-16-10(6-9(15-16)13(17)18)11-5-7-3-2-4-8(14)12(7)19-11/h2-6H,1H3,(H,17,18). The molecule has 19 heavy (non-hydrogen) atoms. The van der Waals surface area contributed by atoms with Crippen molar-refractivity contribution >= 4 is 39.0 Å². The minimum absolute atomic E-state index is 0.0426. The van der Waals surface area contributed by atoms with Gasteiger partial charge in [-0.15, -0.1) is 11.3 Å². The number of rotatable bonds is 2. The molecule has 2 aromatic heterocycles. The molecule has 0 spiro atoms. The van der Waals surface area contributed by atoms with Gasteiger partial charge < -0.3 is 5.11 Å². The molecule has 0 unspecified atom stereocenters. The zero-order valence-corrected chi connectivity index (χ0v) is 11.5. The average Bonchev–Trinajstić information content (AvgIpc) is 2.93. The highest BCUT2D eigenvalue weighted by atomic mass is 35.5. The first kappa shape index (κ1) is 12.2. The maximum Gasteiger partial charge on any atom is 0.356 e. The number of benzene rings is 1. The number of hydrogen-bond acceptors (Lipinski definition) is 3. The molecule has 3 rings (SSSR count). The molecule has 0 atom stereocenters. The van der Waals surface area contributed by atoms with Crippen molar-refractivity contribution in [2.24, 2.45) is 7.05 Å². The first-order chi connectivity index (χ1) is 9.06. The Hall–Kier alpha value is -1.85. The summed E-state index contributed by atoms with van der Waals surface area (Å²) in [5.74, 6) is -1.03. The number of carbonyl (C=O) groups is 1. The second-order valence-corrected chi connectivity index (χ2v) is 5.57. The summed E-state index contributed by atoms with van der Waals surface area (Å²) < 4.78 is 2.57. The van der Waals surface area contributed by atoms with Crippen LogP contribution in [0.25, 0.3) is 20.7 Å². The van der Waals surface area contributed by atoms with E-state index in [-0.39, 0.29) is 5.69 Å². The molecule has 0 aliphatic carbocycles. The summed E-state index contributed by atoms with van der Waals surface area (Å²) in [6.07, 6.45) is 0. The van der Waals surface area contributed by atoms with Crippen LogP contribution in [0.3, 0.4) is 0 Å². The fourth-order valence-corrected chi connectivity index (χ4v) is 3.37. The fraction of sp³-hybridized carbons (Fsp3) is 0.0769. The van der Waals surface area contributed by atoms with Gasteiger partial charge in [0.15, 0.2) is 5.69 Å². The normalized spacial score (nSPS) is 11.1. The molecule has 0 aliphatic heterocycles. The highest BCUT2D eigenvalue weighted by Gasteiger charge is 2.15. The number of carboxylic acids is 1. The maximum absolute atomic E-state index is 10.9. The Kier molecular flexibility index (Phi) is 2.80. The molecule has 0 saturated carbocycles. The van der Waals surface area contributed by atoms with Gasteiger partial charge in [-0.05, 0) is 23.6 Å². The van der Waals surface area contributed by atoms with Crippen LogP contribution in [0, 0.1) is 0 Å². The lowest BCUT2D eigenvalue weighted by molar-refractivity contribution is 0.0689. The summed E-state index contributed by atoms with van der Waals surface area (Å²) in [4.78, 5) is 11.9. The summed E-state index contributed by atoms with van der Waals surface area (Å²) >= 11 is 7.68. The number of aromatic nitrogens is 2. The molecule has 3 aromatic rings. The van der Waals surface area contributed by atoms with Gasteiger partial charge in [0.25, 0.3) is 0 Å². The lowest BCUT2D eigenvalue weighted by Crippen LogP contribution is -1.99. The molecule has 0 amide bonds. The molecule has 1 aromatic carbocycles. The van der Waals surface area contributed by atoms with Gasteiger partial charge in [-0.25, -0.2) is 4.79 Å². The number of nitrogens with zero attached hydrogens (tertiary/aromatic N) is 2. The van der Waals surface area contributed by atoms with E-state index >= 15 is 0 Å². The average molecular weight is 293 g/mol. The Morgan fingerprint density at radius 1 is 1.42 bits per heavy atom. The number of carboxylic acid groups (broad SMARTS) is 1. The van der Waals surface area contributed by atoms with E-state index < -0.39 is 5.97 Å². The number of halogens is 1. The minimum Gasteiger partial charge on any atom is -0.476 e. The SMILES string of the molecule is Cn1nc(C(=O)O)cc1-c1cc2cccc(Cl)c2s1. The van der Waals surface area contributed by atoms with E-state index in [2.05, 4.69) is 5.10 Å². The van der Waals surface area contributed by atoms with Gasteiger partial charge in [-0.2, -0.15) is 5.10 Å². The summed E-state index contributed by atoms with van der Waals surface area (Å²) in [6, 6.07) is 9.29. The molecular formula is C13H9ClN2O2S. The van der Waals surface area contributed by atoms with Crippen molar-refractivity contribution in [3.05, 3.63) is 41.0 Å². The number of aryl methyl sites for hydroxylation is 1. The highest BCUT2D eigenvalue weighted by molar-refractivity contribution is 7.22. The zero-order valence-electron chi connectivity index (χ0n) is 9.92. The van der Waals surface area contributed by atoms with E-state index in [1.807, 2.05) is 24.3 Å². The Morgan fingerprint density at radius 2 is 2.21 bits per heavy atom. The molecule has 1 N–H and O–H groups in total. The van der Waals surface area contributed by atoms with E-state index in [0.29, 0.717) is 5.02 Å². The van der Waals surface area contributed by atoms with Crippen LogP contribution < -0.4 is 0 Å². The van der Waals surface area contributed by atoms with E-state index in [4.69, 9.17) is 16.7 Å². The Balaban J connectivity index is 2.19. The molecule has 0 bridgehead atoms. The largest absolute Gasteiger partial charge is 0.476 e. The maximum atomic E-state index is 10.9. The van der Waals surface area contributed by atoms with Crippen molar-refractivity contribution in [1.29, 1.82) is 0 Å². The summed E-state index contributed by atoms with van der Waals surface area (Å²) in [7, 11) is 1.73. The molecule has 0 fully saturated rings. The van der Waals surface area contributed by atoms with Crippen molar-refractivity contribution in [2.45, 2.75) is 0 Å². The predicted octanol–water partition coefficient (Wildman–Crippen LogP) is 3.65. The van der Waals surface area contributed by atoms with Crippen LogP contribution in [0.15, 0.2) is 30.3 Å². The van der Waals surface area contributed by atoms with E-state index in [0.717, 1.165) is 20.7 Å². The summed E-state index contributed by atoms with van der Waals surface area (Å²) in [5.41, 5.74) is 0.815. The van der Waals surface area contributed by atoms with E-state index in [1.54, 1.807) is 17.8 Å². The van der Waals surface area contributed by atoms with Crippen LogP contribution in [-0.2, 0) is 7.05 Å². The molecule has 0 aliphatic rings. The third kappa shape index (κ3) is 2.01. The van der Waals surface area contributed by atoms with Gasteiger partial charge >= 0.3 is 5.97 Å². The molecule has 6 heteroatoms. The van der Waals surface area contributed by atoms with Crippen molar-refractivity contribution in [3.8, 4) is 10.6 Å². The quantitative estimate of drug-likeness (QED) is 0.784. The van der Waals surface area contributed by atoms with Crippen LogP contribution in [0.1, 0.15) is 10.5 Å². The topological polar surface area (TPSA) is 55.1 Å². The van der Waals surface area contributed by atoms with Crippen molar-refractivity contribution in [1.82, 2.24) is 9.78 Å². The van der Waals surface area contributed by atoms with Gasteiger partial charge in [0.2, 0.25) is 0 Å². The van der Waals surface area contributed by atoms with Crippen molar-refractivity contribution in [2.75, 3.05) is 0 Å². The van der Waals surface area contributed by atoms with Crippen LogP contribution in [0.2, 0.25) is 5.02 Å². The van der Waals surface area contributed by atoms with Crippen LogP contribution in [-0.4, -0.2) is 20.9 Å². The second kappa shape index (κ2) is 4.36. The van der Waals surface area contributed by atoms with Gasteiger partial charge in [-0.3, -0.25) is 4.68 Å². The van der Waals surface area contributed by atoms with Crippen LogP contribution in [0.5, 0.6) is 0 Å². The molecular weight excluding hydrogens is 284 g/mol. The number of thiophene rings is 1. The highest BCUT2D eigenvalue weighted by Crippen LogP contribution is 2.37. The zero-order chi connectivity index (χ0) is 13.6. The van der Waals surface area contributed by atoms with Crippen molar-refractivity contribution < 1.29 is 9.90 Å². The number of aromatic carboxylic acids is 1. The first-order valence-electron chi connectivity index (χ1n) is 5.52. The third-order valence-corrected chi connectivity index (χ3v) is 4.48. The molecule has 0 radical (unpaired) electrons. The van der Waals surface area contributed by atoms with Crippen LogP contribution in [0.4, 0.5) is 0 Å². The Labute approximate surface area is 117 Å². The van der Waals surface area contributed by atoms with Gasteiger partial charge in [0.1, 0.15) is 0 Å². The first-order valence-corrected chi connectivity index (χ1v) is 6.71. The monoisotopic (exact) mass is 292 g/mol. The Bertz CT molecular complexity index is 791. The number of fused-ring (bicyclic) bond motifs is 1. The van der Waals surface area contributed by atoms with Gasteiger partial charge in [0.05, 0.1) is 20.3 Å². The molecule has 0 saturated heterocycles. The third-order valence-electron chi connectivity index (χ3n) is 2.85. The van der Waals surface area contributed by atoms with Gasteiger partial charge in [0, 0.05) is 7.05 Å². The fourth-order valence-electron chi connectivity index (χ4n) is 1.96.